The zero-order valence-electron chi connectivity index (χ0n) is 7.17. The predicted octanol–water partition coefficient (Wildman–Crippen LogP) is 3.21. The first-order valence-electron chi connectivity index (χ1n) is 3.73. The highest BCUT2D eigenvalue weighted by Gasteiger charge is 2.19. The Labute approximate surface area is 99.9 Å². The van der Waals surface area contributed by atoms with Crippen molar-refractivity contribution in [3.05, 3.63) is 37.9 Å². The second kappa shape index (κ2) is 4.79. The van der Waals surface area contributed by atoms with Crippen LogP contribution in [-0.2, 0) is 11.2 Å². The summed E-state index contributed by atoms with van der Waals surface area (Å²) in [5.41, 5.74) is -0.124. The molecule has 1 aromatic carbocycles. The summed E-state index contributed by atoms with van der Waals surface area (Å²) in [6.45, 7) is 0. The summed E-state index contributed by atoms with van der Waals surface area (Å²) in [5.74, 6) is 0. The second-order valence-corrected chi connectivity index (χ2v) is 3.85. The third-order valence-electron chi connectivity index (χ3n) is 1.68. The van der Waals surface area contributed by atoms with Gasteiger partial charge in [0.2, 0.25) is 5.24 Å². The molecule has 0 aromatic heterocycles. The van der Waals surface area contributed by atoms with Crippen molar-refractivity contribution in [2.75, 3.05) is 0 Å². The molecule has 80 valence electrons. The molecule has 4 nitrogen and oxygen atoms in total. The van der Waals surface area contributed by atoms with Gasteiger partial charge >= 0.3 is 0 Å². The van der Waals surface area contributed by atoms with Crippen molar-refractivity contribution in [1.29, 1.82) is 0 Å². The molecule has 0 heterocycles. The van der Waals surface area contributed by atoms with Gasteiger partial charge in [-0.15, -0.1) is 0 Å². The lowest BCUT2D eigenvalue weighted by molar-refractivity contribution is -0.384. The van der Waals surface area contributed by atoms with Gasteiger partial charge in [0.15, 0.2) is 0 Å². The van der Waals surface area contributed by atoms with Crippen molar-refractivity contribution >= 4 is 45.7 Å². The van der Waals surface area contributed by atoms with Crippen molar-refractivity contribution in [2.24, 2.45) is 0 Å². The van der Waals surface area contributed by atoms with Crippen molar-refractivity contribution < 1.29 is 9.72 Å². The third kappa shape index (κ3) is 2.81. The van der Waals surface area contributed by atoms with E-state index < -0.39 is 10.2 Å². The number of carbonyl (C=O) groups excluding carboxylic acids is 1. The van der Waals surface area contributed by atoms with Gasteiger partial charge in [-0.1, -0.05) is 23.2 Å². The number of benzene rings is 1. The van der Waals surface area contributed by atoms with Gasteiger partial charge in [0.05, 0.1) is 11.3 Å². The van der Waals surface area contributed by atoms with Gasteiger partial charge in [-0.2, -0.15) is 0 Å². The van der Waals surface area contributed by atoms with Gasteiger partial charge in [-0.25, -0.2) is 0 Å². The van der Waals surface area contributed by atoms with Gasteiger partial charge in [0, 0.05) is 16.7 Å². The van der Waals surface area contributed by atoms with Gasteiger partial charge in [0.1, 0.15) is 5.02 Å². The van der Waals surface area contributed by atoms with Crippen molar-refractivity contribution in [2.45, 2.75) is 6.42 Å². The van der Waals surface area contributed by atoms with Crippen LogP contribution < -0.4 is 0 Å². The Balaban J connectivity index is 3.29. The molecule has 0 radical (unpaired) electrons. The van der Waals surface area contributed by atoms with Crippen LogP contribution in [0.25, 0.3) is 0 Å². The molecule has 0 N–H and O–H groups in total. The van der Waals surface area contributed by atoms with Crippen LogP contribution in [0.4, 0.5) is 5.69 Å². The lowest BCUT2D eigenvalue weighted by Gasteiger charge is -2.04. The number of halogens is 3. The fraction of sp³-hybridized carbons (Fsp3) is 0.125. The van der Waals surface area contributed by atoms with Gasteiger partial charge < -0.3 is 0 Å². The smallest absolute Gasteiger partial charge is 0.281 e. The molecule has 15 heavy (non-hydrogen) atoms. The van der Waals surface area contributed by atoms with Crippen LogP contribution in [0.1, 0.15) is 5.56 Å². The molecule has 1 rings (SSSR count). The minimum Gasteiger partial charge on any atom is -0.281 e. The maximum Gasteiger partial charge on any atom is 0.288 e. The lowest BCUT2D eigenvalue weighted by atomic mass is 10.1. The Morgan fingerprint density at radius 3 is 2.47 bits per heavy atom. The Kier molecular flexibility index (Phi) is 3.90. The van der Waals surface area contributed by atoms with E-state index >= 15 is 0 Å². The third-order valence-corrected chi connectivity index (χ3v) is 2.59. The first-order chi connectivity index (χ1) is 6.93. The molecule has 0 aliphatic rings. The van der Waals surface area contributed by atoms with Gasteiger partial charge in [-0.3, -0.25) is 14.9 Å². The fourth-order valence-corrected chi connectivity index (χ4v) is 1.73. The summed E-state index contributed by atoms with van der Waals surface area (Å²) in [7, 11) is 0. The molecule has 0 aliphatic carbocycles. The second-order valence-electron chi connectivity index (χ2n) is 2.65. The maximum atomic E-state index is 10.7. The Hall–Kier alpha value is -0.840. The molecule has 0 saturated heterocycles. The van der Waals surface area contributed by atoms with E-state index in [1.165, 1.54) is 12.1 Å². The zero-order valence-corrected chi connectivity index (χ0v) is 9.44. The van der Waals surface area contributed by atoms with Crippen LogP contribution in [0.2, 0.25) is 10.0 Å². The monoisotopic (exact) mass is 267 g/mol. The van der Waals surface area contributed by atoms with Gasteiger partial charge in [-0.05, 0) is 17.7 Å². The molecular formula is C8H4Cl3NO3. The molecule has 0 saturated carbocycles. The van der Waals surface area contributed by atoms with Crippen LogP contribution in [0, 0.1) is 10.1 Å². The summed E-state index contributed by atoms with van der Waals surface area (Å²) < 4.78 is 0. The number of nitrogens with zero attached hydrogens (tertiary/aromatic N) is 1. The van der Waals surface area contributed by atoms with Gasteiger partial charge in [0.25, 0.3) is 5.69 Å². The van der Waals surface area contributed by atoms with Crippen LogP contribution in [-0.4, -0.2) is 10.2 Å². The van der Waals surface area contributed by atoms with Crippen molar-refractivity contribution in [1.82, 2.24) is 0 Å². The van der Waals surface area contributed by atoms with E-state index in [1.807, 2.05) is 0 Å². The maximum absolute atomic E-state index is 10.7. The molecule has 0 bridgehead atoms. The highest BCUT2D eigenvalue weighted by atomic mass is 35.5. The number of hydrogen-bond donors (Lipinski definition) is 0. The van der Waals surface area contributed by atoms with E-state index in [9.17, 15) is 14.9 Å². The molecule has 0 atom stereocenters. The Morgan fingerprint density at radius 2 is 2.00 bits per heavy atom. The molecule has 0 aliphatic heterocycles. The summed E-state index contributed by atoms with van der Waals surface area (Å²) >= 11 is 16.6. The average molecular weight is 268 g/mol. The van der Waals surface area contributed by atoms with E-state index in [1.54, 1.807) is 0 Å². The predicted molar refractivity (Wildman–Crippen MR) is 57.7 cm³/mol. The number of hydrogen-bond acceptors (Lipinski definition) is 3. The van der Waals surface area contributed by atoms with E-state index in [0.717, 1.165) is 0 Å². The molecule has 0 spiro atoms. The quantitative estimate of drug-likeness (QED) is 0.480. The van der Waals surface area contributed by atoms with E-state index in [4.69, 9.17) is 34.8 Å². The van der Waals surface area contributed by atoms with Crippen molar-refractivity contribution in [3.8, 4) is 0 Å². The van der Waals surface area contributed by atoms with Crippen LogP contribution in [0.5, 0.6) is 0 Å². The average Bonchev–Trinajstić information content (AvgIpc) is 2.11. The van der Waals surface area contributed by atoms with Crippen LogP contribution in [0.15, 0.2) is 12.1 Å². The summed E-state index contributed by atoms with van der Waals surface area (Å²) in [4.78, 5) is 20.6. The highest BCUT2D eigenvalue weighted by molar-refractivity contribution is 6.64. The van der Waals surface area contributed by atoms with Crippen LogP contribution in [0.3, 0.4) is 0 Å². The number of rotatable bonds is 3. The minimum absolute atomic E-state index is 0.151. The van der Waals surface area contributed by atoms with E-state index in [-0.39, 0.29) is 27.7 Å². The van der Waals surface area contributed by atoms with Crippen molar-refractivity contribution in [3.63, 3.8) is 0 Å². The van der Waals surface area contributed by atoms with Crippen LogP contribution >= 0.6 is 34.8 Å². The number of nitro benzene ring substituents is 1. The summed E-state index contributed by atoms with van der Waals surface area (Å²) in [6.07, 6.45) is -0.235. The minimum atomic E-state index is -0.681. The molecule has 1 aromatic rings. The zero-order chi connectivity index (χ0) is 11.6. The molecular weight excluding hydrogens is 264 g/mol. The first-order valence-corrected chi connectivity index (χ1v) is 4.86. The number of carbonyl (C=O) groups is 1. The highest BCUT2D eigenvalue weighted by Crippen LogP contribution is 2.33. The SMILES string of the molecule is O=C(Cl)Cc1c(Cl)ccc([N+](=O)[O-])c1Cl. The van der Waals surface area contributed by atoms with E-state index in [0.29, 0.717) is 0 Å². The Morgan fingerprint density at radius 1 is 1.40 bits per heavy atom. The number of nitro groups is 1. The molecule has 0 amide bonds. The summed E-state index contributed by atoms with van der Waals surface area (Å²) in [5, 5.41) is 9.88. The topological polar surface area (TPSA) is 60.2 Å². The largest absolute Gasteiger partial charge is 0.288 e. The molecule has 7 heteroatoms. The van der Waals surface area contributed by atoms with E-state index in [2.05, 4.69) is 0 Å². The first kappa shape index (κ1) is 12.2. The molecule has 0 fully saturated rings. The standard InChI is InChI=1S/C8H4Cl3NO3/c9-5-1-2-6(12(14)15)8(11)4(5)3-7(10)13/h1-2H,3H2. The fourth-order valence-electron chi connectivity index (χ4n) is 1.03. The Bertz CT molecular complexity index is 433. The lowest BCUT2D eigenvalue weighted by Crippen LogP contribution is -1.99. The molecule has 0 unspecified atom stereocenters. The summed E-state index contributed by atoms with van der Waals surface area (Å²) in [6, 6.07) is 2.48. The normalized spacial score (nSPS) is 10.1.